The standard InChI is InChI=1S/C14H21N3O4/c1-2-3-6-17(7-8-18)14(21)16-10-11-4-5-12(13(19)20)15-9-11/h4-5,9,18H,2-3,6-8,10H2,1H3,(H,16,21)(H,19,20). The van der Waals surface area contributed by atoms with Crippen LogP contribution in [0, 0.1) is 0 Å². The fourth-order valence-corrected chi connectivity index (χ4v) is 1.73. The van der Waals surface area contributed by atoms with E-state index in [2.05, 4.69) is 10.3 Å². The number of nitrogens with zero attached hydrogens (tertiary/aromatic N) is 2. The molecule has 1 aromatic heterocycles. The van der Waals surface area contributed by atoms with Crippen molar-refractivity contribution in [2.24, 2.45) is 0 Å². The number of aromatic carboxylic acids is 1. The summed E-state index contributed by atoms with van der Waals surface area (Å²) >= 11 is 0. The number of amides is 2. The number of carbonyl (C=O) groups excluding carboxylic acids is 1. The summed E-state index contributed by atoms with van der Waals surface area (Å²) in [4.78, 5) is 28.0. The lowest BCUT2D eigenvalue weighted by Crippen LogP contribution is -2.41. The third-order valence-corrected chi connectivity index (χ3v) is 2.93. The summed E-state index contributed by atoms with van der Waals surface area (Å²) in [6.07, 6.45) is 3.27. The minimum Gasteiger partial charge on any atom is -0.477 e. The van der Waals surface area contributed by atoms with Gasteiger partial charge >= 0.3 is 12.0 Å². The Kier molecular flexibility index (Phi) is 7.17. The van der Waals surface area contributed by atoms with E-state index in [4.69, 9.17) is 10.2 Å². The summed E-state index contributed by atoms with van der Waals surface area (Å²) in [5.41, 5.74) is 0.683. The molecule has 1 rings (SSSR count). The lowest BCUT2D eigenvalue weighted by molar-refractivity contribution is 0.0690. The topological polar surface area (TPSA) is 103 Å². The predicted molar refractivity (Wildman–Crippen MR) is 77.0 cm³/mol. The molecule has 7 nitrogen and oxygen atoms in total. The molecule has 21 heavy (non-hydrogen) atoms. The third-order valence-electron chi connectivity index (χ3n) is 2.93. The van der Waals surface area contributed by atoms with Crippen LogP contribution in [0.4, 0.5) is 4.79 Å². The van der Waals surface area contributed by atoms with E-state index >= 15 is 0 Å². The lowest BCUT2D eigenvalue weighted by atomic mass is 10.2. The molecule has 0 radical (unpaired) electrons. The van der Waals surface area contributed by atoms with E-state index in [9.17, 15) is 9.59 Å². The zero-order valence-electron chi connectivity index (χ0n) is 12.1. The van der Waals surface area contributed by atoms with Gasteiger partial charge in [0.1, 0.15) is 5.69 Å². The molecule has 1 heterocycles. The molecule has 0 saturated heterocycles. The van der Waals surface area contributed by atoms with Crippen LogP contribution in [0.25, 0.3) is 0 Å². The van der Waals surface area contributed by atoms with Crippen LogP contribution in [-0.2, 0) is 6.54 Å². The van der Waals surface area contributed by atoms with Crippen LogP contribution in [0.3, 0.4) is 0 Å². The number of aromatic nitrogens is 1. The maximum atomic E-state index is 12.0. The first-order valence-electron chi connectivity index (χ1n) is 6.90. The summed E-state index contributed by atoms with van der Waals surface area (Å²) in [6.45, 7) is 3.11. The lowest BCUT2D eigenvalue weighted by Gasteiger charge is -2.22. The quantitative estimate of drug-likeness (QED) is 0.666. The van der Waals surface area contributed by atoms with Crippen LogP contribution in [0.1, 0.15) is 35.8 Å². The van der Waals surface area contributed by atoms with Gasteiger partial charge in [0.2, 0.25) is 0 Å². The Morgan fingerprint density at radius 3 is 2.62 bits per heavy atom. The van der Waals surface area contributed by atoms with E-state index < -0.39 is 5.97 Å². The molecule has 0 atom stereocenters. The Labute approximate surface area is 123 Å². The Hall–Kier alpha value is -2.15. The number of unbranched alkanes of at least 4 members (excludes halogenated alkanes) is 1. The third kappa shape index (κ3) is 5.78. The maximum absolute atomic E-state index is 12.0. The fraction of sp³-hybridized carbons (Fsp3) is 0.500. The molecular formula is C14H21N3O4. The largest absolute Gasteiger partial charge is 0.477 e. The van der Waals surface area contributed by atoms with Crippen molar-refractivity contribution in [3.05, 3.63) is 29.6 Å². The van der Waals surface area contributed by atoms with Crippen LogP contribution < -0.4 is 5.32 Å². The van der Waals surface area contributed by atoms with Gasteiger partial charge in [-0.05, 0) is 18.1 Å². The van der Waals surface area contributed by atoms with Crippen molar-refractivity contribution >= 4 is 12.0 Å². The van der Waals surface area contributed by atoms with E-state index in [1.54, 1.807) is 11.0 Å². The second-order valence-electron chi connectivity index (χ2n) is 4.58. The molecule has 0 bridgehead atoms. The number of hydrogen-bond acceptors (Lipinski definition) is 4. The first-order chi connectivity index (χ1) is 10.1. The number of pyridine rings is 1. The minimum atomic E-state index is -1.08. The van der Waals surface area contributed by atoms with Crippen LogP contribution in [0.5, 0.6) is 0 Å². The first kappa shape index (κ1) is 16.9. The van der Waals surface area contributed by atoms with Gasteiger partial charge in [-0.1, -0.05) is 19.4 Å². The second-order valence-corrected chi connectivity index (χ2v) is 4.58. The van der Waals surface area contributed by atoms with Crippen LogP contribution in [0.2, 0.25) is 0 Å². The van der Waals surface area contributed by atoms with E-state index in [0.717, 1.165) is 12.8 Å². The highest BCUT2D eigenvalue weighted by Gasteiger charge is 2.12. The molecule has 0 spiro atoms. The zero-order valence-corrected chi connectivity index (χ0v) is 12.1. The molecule has 0 unspecified atom stereocenters. The number of urea groups is 1. The van der Waals surface area contributed by atoms with Gasteiger partial charge in [0, 0.05) is 25.8 Å². The molecule has 7 heteroatoms. The first-order valence-corrected chi connectivity index (χ1v) is 6.90. The summed E-state index contributed by atoms with van der Waals surface area (Å²) in [6, 6.07) is 2.76. The SMILES string of the molecule is CCCCN(CCO)C(=O)NCc1ccc(C(=O)O)nc1. The monoisotopic (exact) mass is 295 g/mol. The van der Waals surface area contributed by atoms with Crippen LogP contribution in [-0.4, -0.2) is 51.8 Å². The number of aliphatic hydroxyl groups is 1. The molecule has 0 aliphatic heterocycles. The van der Waals surface area contributed by atoms with Crippen molar-refractivity contribution in [3.8, 4) is 0 Å². The van der Waals surface area contributed by atoms with Crippen molar-refractivity contribution in [2.45, 2.75) is 26.3 Å². The Morgan fingerprint density at radius 1 is 1.33 bits per heavy atom. The van der Waals surface area contributed by atoms with Gasteiger partial charge in [-0.25, -0.2) is 14.6 Å². The van der Waals surface area contributed by atoms with Gasteiger partial charge in [-0.3, -0.25) is 0 Å². The highest BCUT2D eigenvalue weighted by Crippen LogP contribution is 2.01. The van der Waals surface area contributed by atoms with E-state index in [1.807, 2.05) is 6.92 Å². The summed E-state index contributed by atoms with van der Waals surface area (Å²) in [5, 5.41) is 20.4. The van der Waals surface area contributed by atoms with Crippen molar-refractivity contribution in [3.63, 3.8) is 0 Å². The van der Waals surface area contributed by atoms with Crippen molar-refractivity contribution < 1.29 is 19.8 Å². The van der Waals surface area contributed by atoms with Gasteiger partial charge in [-0.15, -0.1) is 0 Å². The minimum absolute atomic E-state index is 0.0325. The molecule has 0 aliphatic rings. The summed E-state index contributed by atoms with van der Waals surface area (Å²) < 4.78 is 0. The van der Waals surface area contributed by atoms with E-state index in [1.165, 1.54) is 12.3 Å². The Balaban J connectivity index is 2.51. The van der Waals surface area contributed by atoms with Gasteiger partial charge < -0.3 is 20.4 Å². The summed E-state index contributed by atoms with van der Waals surface area (Å²) in [5.74, 6) is -1.08. The molecule has 0 saturated carbocycles. The number of aliphatic hydroxyl groups excluding tert-OH is 1. The number of hydrogen-bond donors (Lipinski definition) is 3. The van der Waals surface area contributed by atoms with Crippen LogP contribution >= 0.6 is 0 Å². The number of carbonyl (C=O) groups is 2. The molecule has 1 aromatic rings. The Morgan fingerprint density at radius 2 is 2.10 bits per heavy atom. The van der Waals surface area contributed by atoms with Crippen LogP contribution in [0.15, 0.2) is 18.3 Å². The van der Waals surface area contributed by atoms with Gasteiger partial charge in [0.05, 0.1) is 6.61 Å². The van der Waals surface area contributed by atoms with Gasteiger partial charge in [0.25, 0.3) is 0 Å². The summed E-state index contributed by atoms with van der Waals surface area (Å²) in [7, 11) is 0. The van der Waals surface area contributed by atoms with Crippen molar-refractivity contribution in [2.75, 3.05) is 19.7 Å². The molecule has 0 aromatic carbocycles. The molecule has 0 aliphatic carbocycles. The van der Waals surface area contributed by atoms with E-state index in [0.29, 0.717) is 18.7 Å². The second kappa shape index (κ2) is 8.91. The molecule has 116 valence electrons. The highest BCUT2D eigenvalue weighted by molar-refractivity contribution is 5.85. The molecule has 0 fully saturated rings. The Bertz CT molecular complexity index is 462. The predicted octanol–water partition coefficient (Wildman–Crippen LogP) is 1.08. The van der Waals surface area contributed by atoms with Gasteiger partial charge in [0.15, 0.2) is 0 Å². The van der Waals surface area contributed by atoms with E-state index in [-0.39, 0.29) is 24.9 Å². The van der Waals surface area contributed by atoms with Crippen molar-refractivity contribution in [1.82, 2.24) is 15.2 Å². The number of carboxylic acid groups (broad SMARTS) is 1. The highest BCUT2D eigenvalue weighted by atomic mass is 16.4. The fourth-order valence-electron chi connectivity index (χ4n) is 1.73. The number of carboxylic acids is 1. The molecular weight excluding hydrogens is 274 g/mol. The maximum Gasteiger partial charge on any atom is 0.354 e. The number of rotatable bonds is 8. The molecule has 3 N–H and O–H groups in total. The normalized spacial score (nSPS) is 10.2. The molecule has 2 amide bonds. The smallest absolute Gasteiger partial charge is 0.354 e. The van der Waals surface area contributed by atoms with Crippen molar-refractivity contribution in [1.29, 1.82) is 0 Å². The average Bonchev–Trinajstić information content (AvgIpc) is 2.49. The average molecular weight is 295 g/mol. The number of nitrogens with one attached hydrogen (secondary N) is 1. The zero-order chi connectivity index (χ0) is 15.7. The van der Waals surface area contributed by atoms with Gasteiger partial charge in [-0.2, -0.15) is 0 Å².